The first-order valence-electron chi connectivity index (χ1n) is 8.38. The van der Waals surface area contributed by atoms with Gasteiger partial charge in [0.25, 0.3) is 0 Å². The number of piperidine rings is 1. The van der Waals surface area contributed by atoms with E-state index in [0.717, 1.165) is 42.7 Å². The molecule has 6 nitrogen and oxygen atoms in total. The second-order valence-electron chi connectivity index (χ2n) is 6.23. The van der Waals surface area contributed by atoms with Crippen molar-refractivity contribution in [3.63, 3.8) is 0 Å². The number of nitrogens with zero attached hydrogens (tertiary/aromatic N) is 5. The summed E-state index contributed by atoms with van der Waals surface area (Å²) in [4.78, 5) is 22.7. The van der Waals surface area contributed by atoms with Crippen molar-refractivity contribution in [2.75, 3.05) is 18.4 Å². The summed E-state index contributed by atoms with van der Waals surface area (Å²) in [5.74, 6) is 1.22. The van der Waals surface area contributed by atoms with Gasteiger partial charge in [0.05, 0.1) is 11.2 Å². The Morgan fingerprint density at radius 2 is 2.16 bits per heavy atom. The van der Waals surface area contributed by atoms with Crippen LogP contribution in [-0.4, -0.2) is 37.9 Å². The average Bonchev–Trinajstić information content (AvgIpc) is 3.27. The average molecular weight is 373 g/mol. The molecule has 1 saturated heterocycles. The van der Waals surface area contributed by atoms with Gasteiger partial charge in [-0.1, -0.05) is 0 Å². The molecule has 0 spiro atoms. The van der Waals surface area contributed by atoms with Gasteiger partial charge in [-0.25, -0.2) is 9.97 Å². The Hall–Kier alpha value is -1.90. The van der Waals surface area contributed by atoms with Gasteiger partial charge in [0, 0.05) is 53.5 Å². The van der Waals surface area contributed by atoms with E-state index in [9.17, 15) is 0 Å². The highest BCUT2D eigenvalue weighted by Gasteiger charge is 2.25. The summed E-state index contributed by atoms with van der Waals surface area (Å²) < 4.78 is 0. The lowest BCUT2D eigenvalue weighted by atomic mass is 9.94. The summed E-state index contributed by atoms with van der Waals surface area (Å²) in [5, 5.41) is 4.23. The minimum absolute atomic E-state index is 0.388. The SMILES string of the molecule is Cc1cnc(Nc2nccnc2C2CCCN(Cc3cncs3)C2)s1. The summed E-state index contributed by atoms with van der Waals surface area (Å²) >= 11 is 3.36. The van der Waals surface area contributed by atoms with E-state index >= 15 is 0 Å². The Labute approximate surface area is 155 Å². The van der Waals surface area contributed by atoms with E-state index in [1.54, 1.807) is 35.1 Å². The van der Waals surface area contributed by atoms with Crippen LogP contribution in [0, 0.1) is 6.92 Å². The number of hydrogen-bond acceptors (Lipinski definition) is 8. The van der Waals surface area contributed by atoms with Crippen LogP contribution in [0.5, 0.6) is 0 Å². The highest BCUT2D eigenvalue weighted by Crippen LogP contribution is 2.32. The number of nitrogens with one attached hydrogen (secondary N) is 1. The number of rotatable bonds is 5. The fourth-order valence-corrected chi connectivity index (χ4v) is 4.52. The summed E-state index contributed by atoms with van der Waals surface area (Å²) in [5.41, 5.74) is 2.95. The maximum atomic E-state index is 4.65. The molecule has 1 unspecified atom stereocenters. The minimum Gasteiger partial charge on any atom is -0.315 e. The Bertz CT molecular complexity index is 816. The molecule has 4 heterocycles. The van der Waals surface area contributed by atoms with E-state index in [0.29, 0.717) is 5.92 Å². The van der Waals surface area contributed by atoms with Crippen LogP contribution >= 0.6 is 22.7 Å². The fourth-order valence-electron chi connectivity index (χ4n) is 3.22. The van der Waals surface area contributed by atoms with Gasteiger partial charge in [0.15, 0.2) is 10.9 Å². The van der Waals surface area contributed by atoms with Crippen molar-refractivity contribution >= 4 is 33.6 Å². The van der Waals surface area contributed by atoms with Crippen molar-refractivity contribution in [2.45, 2.75) is 32.2 Å². The third kappa shape index (κ3) is 4.02. The molecular weight excluding hydrogens is 352 g/mol. The zero-order valence-electron chi connectivity index (χ0n) is 14.1. The second kappa shape index (κ2) is 7.55. The van der Waals surface area contributed by atoms with Gasteiger partial charge in [0.1, 0.15) is 0 Å². The third-order valence-corrected chi connectivity index (χ3v) is 5.92. The number of hydrogen-bond donors (Lipinski definition) is 1. The van der Waals surface area contributed by atoms with Gasteiger partial charge in [-0.05, 0) is 26.3 Å². The van der Waals surface area contributed by atoms with E-state index < -0.39 is 0 Å². The molecule has 3 aromatic rings. The van der Waals surface area contributed by atoms with Crippen molar-refractivity contribution in [2.24, 2.45) is 0 Å². The Balaban J connectivity index is 1.50. The van der Waals surface area contributed by atoms with Crippen molar-refractivity contribution < 1.29 is 0 Å². The lowest BCUT2D eigenvalue weighted by Crippen LogP contribution is -2.34. The van der Waals surface area contributed by atoms with Crippen LogP contribution in [0.1, 0.15) is 34.2 Å². The molecule has 25 heavy (non-hydrogen) atoms. The summed E-state index contributed by atoms with van der Waals surface area (Å²) in [6, 6.07) is 0. The number of anilines is 2. The Morgan fingerprint density at radius 3 is 2.96 bits per heavy atom. The molecule has 4 rings (SSSR count). The molecule has 0 aliphatic carbocycles. The molecule has 1 aliphatic heterocycles. The van der Waals surface area contributed by atoms with E-state index in [1.165, 1.54) is 16.2 Å². The summed E-state index contributed by atoms with van der Waals surface area (Å²) in [7, 11) is 0. The number of aryl methyl sites for hydroxylation is 1. The largest absolute Gasteiger partial charge is 0.315 e. The molecule has 1 fully saturated rings. The molecule has 1 N–H and O–H groups in total. The number of thiazole rings is 2. The van der Waals surface area contributed by atoms with Crippen LogP contribution in [0.15, 0.2) is 30.3 Å². The Kier molecular flexibility index (Phi) is 5.00. The predicted molar refractivity (Wildman–Crippen MR) is 102 cm³/mol. The lowest BCUT2D eigenvalue weighted by Gasteiger charge is -2.32. The van der Waals surface area contributed by atoms with Gasteiger partial charge in [0.2, 0.25) is 0 Å². The number of aromatic nitrogens is 4. The van der Waals surface area contributed by atoms with Gasteiger partial charge in [-0.3, -0.25) is 14.9 Å². The third-order valence-electron chi connectivity index (χ3n) is 4.33. The molecule has 0 saturated carbocycles. The van der Waals surface area contributed by atoms with Gasteiger partial charge < -0.3 is 5.32 Å². The monoisotopic (exact) mass is 372 g/mol. The van der Waals surface area contributed by atoms with Gasteiger partial charge in [-0.15, -0.1) is 22.7 Å². The fraction of sp³-hybridized carbons (Fsp3) is 0.412. The first-order chi connectivity index (χ1) is 12.3. The molecule has 8 heteroatoms. The molecule has 0 amide bonds. The molecule has 1 aliphatic rings. The van der Waals surface area contributed by atoms with Crippen molar-refractivity contribution in [3.05, 3.63) is 45.7 Å². The van der Waals surface area contributed by atoms with E-state index in [4.69, 9.17) is 0 Å². The number of likely N-dealkylation sites (tertiary alicyclic amines) is 1. The van der Waals surface area contributed by atoms with E-state index in [1.807, 2.05) is 17.9 Å². The first kappa shape index (κ1) is 16.6. The molecule has 1 atom stereocenters. The molecule has 130 valence electrons. The van der Waals surface area contributed by atoms with Crippen LogP contribution in [0.3, 0.4) is 0 Å². The maximum Gasteiger partial charge on any atom is 0.188 e. The smallest absolute Gasteiger partial charge is 0.188 e. The quantitative estimate of drug-likeness (QED) is 0.734. The van der Waals surface area contributed by atoms with Crippen molar-refractivity contribution in [1.29, 1.82) is 0 Å². The molecule has 0 bridgehead atoms. The summed E-state index contributed by atoms with van der Waals surface area (Å²) in [6.45, 7) is 5.15. The molecule has 0 radical (unpaired) electrons. The topological polar surface area (TPSA) is 66.8 Å². The highest BCUT2D eigenvalue weighted by molar-refractivity contribution is 7.15. The van der Waals surface area contributed by atoms with Crippen LogP contribution in [-0.2, 0) is 6.54 Å². The Morgan fingerprint density at radius 1 is 1.24 bits per heavy atom. The zero-order chi connectivity index (χ0) is 17.1. The zero-order valence-corrected chi connectivity index (χ0v) is 15.7. The predicted octanol–water partition coefficient (Wildman–Crippen LogP) is 3.82. The van der Waals surface area contributed by atoms with E-state index in [-0.39, 0.29) is 0 Å². The highest BCUT2D eigenvalue weighted by atomic mass is 32.1. The molecule has 3 aromatic heterocycles. The first-order valence-corrected chi connectivity index (χ1v) is 10.1. The standard InChI is InChI=1S/C17H20N6S2/c1-12-7-21-17(25-12)22-16-15(19-4-5-20-16)13-3-2-6-23(9-13)10-14-8-18-11-24-14/h4-5,7-8,11,13H,2-3,6,9-10H2,1H3,(H,20,21,22). The van der Waals surface area contributed by atoms with Crippen LogP contribution in [0.4, 0.5) is 10.9 Å². The molecule has 0 aromatic carbocycles. The maximum absolute atomic E-state index is 4.65. The van der Waals surface area contributed by atoms with Crippen LogP contribution in [0.25, 0.3) is 0 Å². The van der Waals surface area contributed by atoms with Gasteiger partial charge in [-0.2, -0.15) is 0 Å². The lowest BCUT2D eigenvalue weighted by molar-refractivity contribution is 0.200. The van der Waals surface area contributed by atoms with Gasteiger partial charge >= 0.3 is 0 Å². The van der Waals surface area contributed by atoms with Crippen molar-refractivity contribution in [3.8, 4) is 0 Å². The van der Waals surface area contributed by atoms with Crippen LogP contribution < -0.4 is 5.32 Å². The normalized spacial score (nSPS) is 18.4. The van der Waals surface area contributed by atoms with Crippen molar-refractivity contribution in [1.82, 2.24) is 24.8 Å². The van der Waals surface area contributed by atoms with E-state index in [2.05, 4.69) is 37.1 Å². The summed E-state index contributed by atoms with van der Waals surface area (Å²) in [6.07, 6.45) is 9.69. The second-order valence-corrected chi connectivity index (χ2v) is 8.44. The minimum atomic E-state index is 0.388. The van der Waals surface area contributed by atoms with Crippen LogP contribution in [0.2, 0.25) is 0 Å². The molecular formula is C17H20N6S2.